The number of aromatic amines is 1. The van der Waals surface area contributed by atoms with Gasteiger partial charge in [0.1, 0.15) is 12.4 Å². The summed E-state index contributed by atoms with van der Waals surface area (Å²) < 4.78 is 18.8. The highest BCUT2D eigenvalue weighted by Gasteiger charge is 2.69. The Bertz CT molecular complexity index is 1670. The topological polar surface area (TPSA) is 126 Å². The Labute approximate surface area is 247 Å². The van der Waals surface area contributed by atoms with Gasteiger partial charge in [0.15, 0.2) is 0 Å². The summed E-state index contributed by atoms with van der Waals surface area (Å²) in [5.74, 6) is -3.39. The fourth-order valence-electron chi connectivity index (χ4n) is 7.53. The SMILES string of the molecule is CCOC(=O)c1ccc(NC(=O)CN2C(=O)C3C4CC(C3C2=O)C2C(c3ccc(F)cc3)c3sc(=O)[nH]c3SC42)cc1. The molecular formula is C30H26FN3O6S2. The van der Waals surface area contributed by atoms with Gasteiger partial charge in [-0.3, -0.25) is 24.1 Å². The first-order chi connectivity index (χ1) is 20.2. The van der Waals surface area contributed by atoms with Gasteiger partial charge in [-0.05, 0) is 73.1 Å². The fraction of sp³-hybridized carbons (Fsp3) is 0.367. The maximum atomic E-state index is 13.8. The second-order valence-electron chi connectivity index (χ2n) is 11.1. The summed E-state index contributed by atoms with van der Waals surface area (Å²) in [5, 5.41) is 3.50. The third-order valence-electron chi connectivity index (χ3n) is 9.03. The lowest BCUT2D eigenvalue weighted by molar-refractivity contribution is -0.143. The molecule has 2 aromatic carbocycles. The first-order valence-corrected chi connectivity index (χ1v) is 15.5. The number of H-pyrrole nitrogens is 1. The van der Waals surface area contributed by atoms with Gasteiger partial charge in [-0.2, -0.15) is 0 Å². The molecule has 216 valence electrons. The predicted molar refractivity (Wildman–Crippen MR) is 153 cm³/mol. The highest BCUT2D eigenvalue weighted by Crippen LogP contribution is 2.68. The number of nitrogens with one attached hydrogen (secondary N) is 2. The van der Waals surface area contributed by atoms with E-state index in [0.29, 0.717) is 11.3 Å². The Hall–Kier alpha value is -3.77. The number of thioether (sulfide) groups is 1. The van der Waals surface area contributed by atoms with E-state index >= 15 is 0 Å². The molecule has 7 unspecified atom stereocenters. The monoisotopic (exact) mass is 607 g/mol. The third kappa shape index (κ3) is 4.22. The van der Waals surface area contributed by atoms with E-state index in [9.17, 15) is 28.4 Å². The minimum absolute atomic E-state index is 0.00546. The largest absolute Gasteiger partial charge is 0.462 e. The van der Waals surface area contributed by atoms with Crippen LogP contribution in [0.3, 0.4) is 0 Å². The summed E-state index contributed by atoms with van der Waals surface area (Å²) >= 11 is 2.72. The summed E-state index contributed by atoms with van der Waals surface area (Å²) in [6, 6.07) is 12.5. The number of hydrogen-bond donors (Lipinski definition) is 2. The van der Waals surface area contributed by atoms with Crippen LogP contribution in [0.25, 0.3) is 0 Å². The second-order valence-corrected chi connectivity index (χ2v) is 13.3. The average molecular weight is 608 g/mol. The molecule has 2 N–H and O–H groups in total. The maximum absolute atomic E-state index is 13.8. The number of esters is 1. The molecule has 3 amide bonds. The Morgan fingerprint density at radius 1 is 1.02 bits per heavy atom. The van der Waals surface area contributed by atoms with Crippen LogP contribution < -0.4 is 10.2 Å². The molecule has 2 saturated carbocycles. The number of amides is 3. The number of aromatic nitrogens is 1. The maximum Gasteiger partial charge on any atom is 0.338 e. The molecule has 4 aliphatic rings. The van der Waals surface area contributed by atoms with Crippen LogP contribution in [0.2, 0.25) is 0 Å². The number of halogens is 1. The highest BCUT2D eigenvalue weighted by molar-refractivity contribution is 8.00. The number of rotatable bonds is 6. The van der Waals surface area contributed by atoms with E-state index in [4.69, 9.17) is 4.74 Å². The summed E-state index contributed by atoms with van der Waals surface area (Å²) in [6.45, 7) is 1.57. The van der Waals surface area contributed by atoms with E-state index in [1.165, 1.54) is 24.3 Å². The van der Waals surface area contributed by atoms with E-state index in [2.05, 4.69) is 10.3 Å². The molecule has 7 atom stereocenters. The van der Waals surface area contributed by atoms with Crippen molar-refractivity contribution in [3.05, 3.63) is 80.0 Å². The number of carbonyl (C=O) groups excluding carboxylic acids is 4. The molecule has 3 fully saturated rings. The van der Waals surface area contributed by atoms with Gasteiger partial charge in [-0.15, -0.1) is 11.8 Å². The van der Waals surface area contributed by atoms with Crippen molar-refractivity contribution in [1.82, 2.24) is 9.88 Å². The Balaban J connectivity index is 1.12. The molecule has 3 heterocycles. The van der Waals surface area contributed by atoms with Crippen LogP contribution in [0, 0.1) is 35.4 Å². The lowest BCUT2D eigenvalue weighted by atomic mass is 9.68. The van der Waals surface area contributed by atoms with Gasteiger partial charge < -0.3 is 15.0 Å². The lowest BCUT2D eigenvalue weighted by Crippen LogP contribution is -2.42. The highest BCUT2D eigenvalue weighted by atomic mass is 32.2. The number of ether oxygens (including phenoxy) is 1. The number of likely N-dealkylation sites (tertiary alicyclic amines) is 1. The molecule has 1 aromatic heterocycles. The number of hydrogen-bond acceptors (Lipinski definition) is 8. The molecule has 2 bridgehead atoms. The van der Waals surface area contributed by atoms with Gasteiger partial charge in [-0.25, -0.2) is 9.18 Å². The van der Waals surface area contributed by atoms with Crippen molar-refractivity contribution in [2.75, 3.05) is 18.5 Å². The van der Waals surface area contributed by atoms with E-state index < -0.39 is 30.3 Å². The van der Waals surface area contributed by atoms with Crippen molar-refractivity contribution in [3.8, 4) is 0 Å². The van der Waals surface area contributed by atoms with E-state index in [1.54, 1.807) is 43.0 Å². The van der Waals surface area contributed by atoms with Crippen LogP contribution in [-0.2, 0) is 19.1 Å². The number of benzene rings is 2. The zero-order chi connectivity index (χ0) is 29.3. The Morgan fingerprint density at radius 2 is 1.71 bits per heavy atom. The van der Waals surface area contributed by atoms with Crippen LogP contribution in [0.15, 0.2) is 58.4 Å². The summed E-state index contributed by atoms with van der Waals surface area (Å²) in [4.78, 5) is 69.3. The molecule has 7 rings (SSSR count). The summed E-state index contributed by atoms with van der Waals surface area (Å²) in [5.41, 5.74) is 1.66. The van der Waals surface area contributed by atoms with Crippen LogP contribution in [0.4, 0.5) is 10.1 Å². The van der Waals surface area contributed by atoms with Crippen LogP contribution >= 0.6 is 23.1 Å². The third-order valence-corrected chi connectivity index (χ3v) is 11.6. The molecule has 9 nitrogen and oxygen atoms in total. The van der Waals surface area contributed by atoms with Crippen molar-refractivity contribution in [1.29, 1.82) is 0 Å². The van der Waals surface area contributed by atoms with Gasteiger partial charge in [0.2, 0.25) is 17.7 Å². The molecule has 0 radical (unpaired) electrons. The lowest BCUT2D eigenvalue weighted by Gasteiger charge is -2.43. The smallest absolute Gasteiger partial charge is 0.338 e. The van der Waals surface area contributed by atoms with E-state index in [0.717, 1.165) is 38.1 Å². The minimum atomic E-state index is -0.527. The average Bonchev–Trinajstić information content (AvgIpc) is 3.70. The van der Waals surface area contributed by atoms with E-state index in [1.807, 2.05) is 0 Å². The zero-order valence-corrected chi connectivity index (χ0v) is 24.0. The van der Waals surface area contributed by atoms with Gasteiger partial charge in [0.05, 0.1) is 29.0 Å². The number of imide groups is 1. The fourth-order valence-corrected chi connectivity index (χ4v) is 10.4. The quantitative estimate of drug-likeness (QED) is 0.322. The molecule has 12 heteroatoms. The van der Waals surface area contributed by atoms with Gasteiger partial charge in [-0.1, -0.05) is 23.5 Å². The summed E-state index contributed by atoms with van der Waals surface area (Å²) in [7, 11) is 0. The number of carbonyl (C=O) groups is 4. The second kappa shape index (κ2) is 10.2. The van der Waals surface area contributed by atoms with Crippen molar-refractivity contribution >= 4 is 52.5 Å². The number of anilines is 1. The van der Waals surface area contributed by atoms with Gasteiger partial charge >= 0.3 is 10.8 Å². The first-order valence-electron chi connectivity index (χ1n) is 13.8. The molecule has 0 spiro atoms. The number of nitrogens with zero attached hydrogens (tertiary/aromatic N) is 1. The standard InChI is InChI=1S/C30H26FN3O6S2/c1-2-40-29(38)14-5-9-16(10-6-14)32-19(35)12-34-27(36)22-17-11-18(23(22)28(34)37)24-21(17)20(13-3-7-15(31)8-4-13)25-26(41-24)33-30(39)42-25/h3-10,17-18,20-24H,2,11-12H2,1H3,(H,32,35)(H,33,39). The number of fused-ring (bicyclic) bond motifs is 9. The molecule has 2 aliphatic carbocycles. The Morgan fingerprint density at radius 3 is 2.40 bits per heavy atom. The van der Waals surface area contributed by atoms with Gasteiger partial charge in [0.25, 0.3) is 0 Å². The molecule has 2 aliphatic heterocycles. The van der Waals surface area contributed by atoms with Crippen LogP contribution in [0.5, 0.6) is 0 Å². The number of thiazole rings is 1. The van der Waals surface area contributed by atoms with Crippen molar-refractivity contribution in [3.63, 3.8) is 0 Å². The van der Waals surface area contributed by atoms with Crippen molar-refractivity contribution in [2.45, 2.75) is 29.5 Å². The van der Waals surface area contributed by atoms with Crippen molar-refractivity contribution < 1.29 is 28.3 Å². The molecule has 1 saturated heterocycles. The first kappa shape index (κ1) is 27.1. The predicted octanol–water partition coefficient (Wildman–Crippen LogP) is 3.86. The van der Waals surface area contributed by atoms with E-state index in [-0.39, 0.29) is 58.0 Å². The molecule has 42 heavy (non-hydrogen) atoms. The normalized spacial score (nSPS) is 28.8. The zero-order valence-electron chi connectivity index (χ0n) is 22.4. The van der Waals surface area contributed by atoms with Crippen molar-refractivity contribution in [2.24, 2.45) is 29.6 Å². The molecule has 3 aromatic rings. The van der Waals surface area contributed by atoms with Crippen LogP contribution in [-0.4, -0.2) is 52.0 Å². The van der Waals surface area contributed by atoms with Crippen LogP contribution in [0.1, 0.15) is 40.1 Å². The summed E-state index contributed by atoms with van der Waals surface area (Å²) in [6.07, 6.45) is 0.721. The minimum Gasteiger partial charge on any atom is -0.462 e. The molecular weight excluding hydrogens is 581 g/mol. The van der Waals surface area contributed by atoms with Gasteiger partial charge in [0, 0.05) is 21.7 Å². The Kier molecular flexibility index (Phi) is 6.58.